The number of benzene rings is 2. The maximum Gasteiger partial charge on any atom is 0.161 e. The Morgan fingerprint density at radius 3 is 2.43 bits per heavy atom. The minimum absolute atomic E-state index is 0.0820. The van der Waals surface area contributed by atoms with Crippen molar-refractivity contribution in [2.24, 2.45) is 5.73 Å². The van der Waals surface area contributed by atoms with E-state index in [9.17, 15) is 8.78 Å². The predicted octanol–water partition coefficient (Wildman–Crippen LogP) is 4.12. The number of fused-ring (bicyclic) bond motifs is 1. The van der Waals surface area contributed by atoms with Crippen LogP contribution in [0.2, 0.25) is 0 Å². The summed E-state index contributed by atoms with van der Waals surface area (Å²) in [6, 6.07) is 8.26. The van der Waals surface area contributed by atoms with Crippen molar-refractivity contribution in [1.29, 1.82) is 0 Å². The van der Waals surface area contributed by atoms with Crippen molar-refractivity contribution < 1.29 is 8.78 Å². The van der Waals surface area contributed by atoms with Crippen LogP contribution in [0.3, 0.4) is 0 Å². The van der Waals surface area contributed by atoms with E-state index in [-0.39, 0.29) is 6.04 Å². The lowest BCUT2D eigenvalue weighted by molar-refractivity contribution is 0.509. The lowest BCUT2D eigenvalue weighted by atomic mass is 10.1. The molecule has 1 heterocycles. The molecule has 0 radical (unpaired) electrons. The summed E-state index contributed by atoms with van der Waals surface area (Å²) in [5, 5.41) is 0. The van der Waals surface area contributed by atoms with Crippen LogP contribution in [0.25, 0.3) is 22.4 Å². The van der Waals surface area contributed by atoms with Crippen LogP contribution >= 0.6 is 0 Å². The fourth-order valence-corrected chi connectivity index (χ4v) is 2.73. The Balaban J connectivity index is 2.32. The largest absolute Gasteiger partial charge is 0.328 e. The van der Waals surface area contributed by atoms with Gasteiger partial charge in [0.25, 0.3) is 0 Å². The minimum Gasteiger partial charge on any atom is -0.328 e. The first-order chi connectivity index (χ1) is 10.9. The van der Waals surface area contributed by atoms with Gasteiger partial charge in [-0.05, 0) is 38.0 Å². The molecule has 1 unspecified atom stereocenters. The van der Waals surface area contributed by atoms with Crippen molar-refractivity contribution >= 4 is 11.0 Å². The quantitative estimate of drug-likeness (QED) is 0.790. The Hall–Kier alpha value is -2.27. The Labute approximate surface area is 133 Å². The van der Waals surface area contributed by atoms with Crippen molar-refractivity contribution in [2.75, 3.05) is 6.54 Å². The Bertz CT molecular complexity index is 884. The molecular weight excluding hydrogens is 296 g/mol. The van der Waals surface area contributed by atoms with Crippen LogP contribution in [0, 0.1) is 25.5 Å². The van der Waals surface area contributed by atoms with Gasteiger partial charge in [0.05, 0.1) is 11.0 Å². The van der Waals surface area contributed by atoms with Crippen molar-refractivity contribution in [3.05, 3.63) is 53.1 Å². The SMILES string of the molecule is Cc1ccc(-c2nc3cc(F)c(F)cc3n2C(C)CN)cc1C. The molecule has 1 aromatic heterocycles. The third kappa shape index (κ3) is 2.61. The van der Waals surface area contributed by atoms with E-state index in [2.05, 4.69) is 4.98 Å². The van der Waals surface area contributed by atoms with Gasteiger partial charge in [-0.1, -0.05) is 12.1 Å². The first-order valence-corrected chi connectivity index (χ1v) is 7.57. The molecule has 0 aliphatic heterocycles. The molecule has 3 aromatic rings. The maximum absolute atomic E-state index is 13.7. The molecule has 120 valence electrons. The van der Waals surface area contributed by atoms with Gasteiger partial charge in [0.2, 0.25) is 0 Å². The first kappa shape index (κ1) is 15.6. The van der Waals surface area contributed by atoms with E-state index in [1.165, 1.54) is 11.6 Å². The molecular formula is C18H19F2N3. The van der Waals surface area contributed by atoms with E-state index < -0.39 is 11.6 Å². The Kier molecular flexibility index (Phi) is 3.90. The Morgan fingerprint density at radius 1 is 1.09 bits per heavy atom. The van der Waals surface area contributed by atoms with Gasteiger partial charge in [-0.25, -0.2) is 13.8 Å². The highest BCUT2D eigenvalue weighted by atomic mass is 19.2. The average Bonchev–Trinajstić information content (AvgIpc) is 2.88. The number of halogens is 2. The van der Waals surface area contributed by atoms with Crippen LogP contribution in [0.1, 0.15) is 24.1 Å². The second-order valence-electron chi connectivity index (χ2n) is 5.94. The molecule has 3 nitrogen and oxygen atoms in total. The highest BCUT2D eigenvalue weighted by molar-refractivity contribution is 5.81. The zero-order chi connectivity index (χ0) is 16.7. The number of hydrogen-bond donors (Lipinski definition) is 1. The van der Waals surface area contributed by atoms with Gasteiger partial charge in [0.15, 0.2) is 11.6 Å². The lowest BCUT2D eigenvalue weighted by Gasteiger charge is -2.16. The van der Waals surface area contributed by atoms with Crippen molar-refractivity contribution in [2.45, 2.75) is 26.8 Å². The summed E-state index contributed by atoms with van der Waals surface area (Å²) in [7, 11) is 0. The number of aromatic nitrogens is 2. The fourth-order valence-electron chi connectivity index (χ4n) is 2.73. The van der Waals surface area contributed by atoms with E-state index in [1.54, 1.807) is 0 Å². The number of nitrogens with zero attached hydrogens (tertiary/aromatic N) is 2. The summed E-state index contributed by atoms with van der Waals surface area (Å²) in [4.78, 5) is 4.53. The third-order valence-electron chi connectivity index (χ3n) is 4.28. The summed E-state index contributed by atoms with van der Waals surface area (Å²) in [6.45, 7) is 6.38. The molecule has 0 aliphatic rings. The molecule has 3 rings (SSSR count). The molecule has 0 aliphatic carbocycles. The van der Waals surface area contributed by atoms with E-state index in [1.807, 2.05) is 43.5 Å². The molecule has 5 heteroatoms. The van der Waals surface area contributed by atoms with Crippen LogP contribution in [0.4, 0.5) is 8.78 Å². The van der Waals surface area contributed by atoms with Crippen molar-refractivity contribution in [1.82, 2.24) is 9.55 Å². The smallest absolute Gasteiger partial charge is 0.161 e. The summed E-state index contributed by atoms with van der Waals surface area (Å²) in [5.74, 6) is -1.10. The van der Waals surface area contributed by atoms with E-state index in [4.69, 9.17) is 5.73 Å². The van der Waals surface area contributed by atoms with Gasteiger partial charge in [-0.3, -0.25) is 0 Å². The number of hydrogen-bond acceptors (Lipinski definition) is 2. The zero-order valence-electron chi connectivity index (χ0n) is 13.4. The summed E-state index contributed by atoms with van der Waals surface area (Å²) in [5.41, 5.74) is 10.0. The molecule has 2 N–H and O–H groups in total. The zero-order valence-corrected chi connectivity index (χ0v) is 13.4. The molecule has 1 atom stereocenters. The van der Waals surface area contributed by atoms with Crippen LogP contribution < -0.4 is 5.73 Å². The van der Waals surface area contributed by atoms with Crippen molar-refractivity contribution in [3.63, 3.8) is 0 Å². The predicted molar refractivity (Wildman–Crippen MR) is 88.3 cm³/mol. The van der Waals surface area contributed by atoms with Gasteiger partial charge in [0, 0.05) is 30.3 Å². The van der Waals surface area contributed by atoms with Crippen LogP contribution in [-0.2, 0) is 0 Å². The summed E-state index contributed by atoms with van der Waals surface area (Å²) >= 11 is 0. The molecule has 0 saturated heterocycles. The van der Waals surface area contributed by atoms with Crippen LogP contribution in [0.15, 0.2) is 30.3 Å². The topological polar surface area (TPSA) is 43.8 Å². The number of aryl methyl sites for hydroxylation is 2. The summed E-state index contributed by atoms with van der Waals surface area (Å²) in [6.07, 6.45) is 0. The molecule has 0 fully saturated rings. The lowest BCUT2D eigenvalue weighted by Crippen LogP contribution is -2.17. The normalized spacial score (nSPS) is 12.8. The van der Waals surface area contributed by atoms with E-state index in [0.29, 0.717) is 23.4 Å². The molecule has 0 spiro atoms. The molecule has 23 heavy (non-hydrogen) atoms. The standard InChI is InChI=1S/C18H19F2N3/c1-10-4-5-13(6-11(10)2)18-22-16-7-14(19)15(20)8-17(16)23(18)12(3)9-21/h4-8,12H,9,21H2,1-3H3. The van der Waals surface area contributed by atoms with E-state index in [0.717, 1.165) is 17.2 Å². The van der Waals surface area contributed by atoms with Gasteiger partial charge in [-0.2, -0.15) is 0 Å². The molecule has 0 bridgehead atoms. The van der Waals surface area contributed by atoms with E-state index >= 15 is 0 Å². The third-order valence-corrected chi connectivity index (χ3v) is 4.28. The highest BCUT2D eigenvalue weighted by Gasteiger charge is 2.19. The molecule has 0 saturated carbocycles. The molecule has 0 amide bonds. The van der Waals surface area contributed by atoms with Gasteiger partial charge >= 0.3 is 0 Å². The van der Waals surface area contributed by atoms with Crippen LogP contribution in [0.5, 0.6) is 0 Å². The second kappa shape index (κ2) is 5.74. The second-order valence-corrected chi connectivity index (χ2v) is 5.94. The number of rotatable bonds is 3. The average molecular weight is 315 g/mol. The molecule has 2 aromatic carbocycles. The fraction of sp³-hybridized carbons (Fsp3) is 0.278. The first-order valence-electron chi connectivity index (χ1n) is 7.57. The van der Waals surface area contributed by atoms with Gasteiger partial charge < -0.3 is 10.3 Å². The van der Waals surface area contributed by atoms with Gasteiger partial charge in [-0.15, -0.1) is 0 Å². The minimum atomic E-state index is -0.894. The summed E-state index contributed by atoms with van der Waals surface area (Å²) < 4.78 is 29.1. The van der Waals surface area contributed by atoms with Crippen LogP contribution in [-0.4, -0.2) is 16.1 Å². The highest BCUT2D eigenvalue weighted by Crippen LogP contribution is 2.30. The number of imidazole rings is 1. The number of nitrogens with two attached hydrogens (primary N) is 1. The monoisotopic (exact) mass is 315 g/mol. The maximum atomic E-state index is 13.7. The van der Waals surface area contributed by atoms with Gasteiger partial charge in [0.1, 0.15) is 5.82 Å². The van der Waals surface area contributed by atoms with Crippen molar-refractivity contribution in [3.8, 4) is 11.4 Å². The Morgan fingerprint density at radius 2 is 1.78 bits per heavy atom.